The van der Waals surface area contributed by atoms with Gasteiger partial charge in [0.25, 0.3) is 0 Å². The minimum absolute atomic E-state index is 0.0316. The van der Waals surface area contributed by atoms with E-state index in [1.807, 2.05) is 44.2 Å². The summed E-state index contributed by atoms with van der Waals surface area (Å²) in [4.78, 5) is 17.8. The molecule has 1 N–H and O–H groups in total. The molecule has 0 aliphatic heterocycles. The van der Waals surface area contributed by atoms with Crippen molar-refractivity contribution >= 4 is 45.1 Å². The number of nitrogens with one attached hydrogen (secondary N) is 1. The summed E-state index contributed by atoms with van der Waals surface area (Å²) in [5, 5.41) is 3.03. The smallest absolute Gasteiger partial charge is 0.243 e. The van der Waals surface area contributed by atoms with E-state index < -0.39 is 28.3 Å². The first-order chi connectivity index (χ1) is 18.0. The summed E-state index contributed by atoms with van der Waals surface area (Å²) in [5.41, 5.74) is 1.81. The number of benzene rings is 3. The van der Waals surface area contributed by atoms with Gasteiger partial charge in [-0.1, -0.05) is 67.4 Å². The first-order valence-electron chi connectivity index (χ1n) is 11.7. The summed E-state index contributed by atoms with van der Waals surface area (Å²) in [6.07, 6.45) is 1.69. The number of imidazole rings is 1. The first kappa shape index (κ1) is 27.8. The molecule has 1 aromatic heterocycles. The van der Waals surface area contributed by atoms with E-state index in [0.717, 1.165) is 9.87 Å². The topological polar surface area (TPSA) is 84.3 Å². The molecule has 0 spiro atoms. The Balaban J connectivity index is 1.66. The van der Waals surface area contributed by atoms with Gasteiger partial charge in [-0.3, -0.25) is 14.7 Å². The Bertz CT molecular complexity index is 1540. The van der Waals surface area contributed by atoms with Gasteiger partial charge in [0, 0.05) is 23.3 Å². The predicted octanol–water partition coefficient (Wildman–Crippen LogP) is 6.27. The summed E-state index contributed by atoms with van der Waals surface area (Å²) in [6.45, 7) is 3.40. The van der Waals surface area contributed by atoms with Crippen molar-refractivity contribution in [3.63, 3.8) is 0 Å². The fourth-order valence-electron chi connectivity index (χ4n) is 3.78. The van der Waals surface area contributed by atoms with Gasteiger partial charge in [0.15, 0.2) is 0 Å². The molecule has 0 bridgehead atoms. The molecule has 198 valence electrons. The second-order valence-electron chi connectivity index (χ2n) is 8.98. The second kappa shape index (κ2) is 11.7. The molecule has 0 aliphatic rings. The number of halogens is 3. The van der Waals surface area contributed by atoms with Gasteiger partial charge in [0.1, 0.15) is 5.82 Å². The van der Waals surface area contributed by atoms with E-state index in [1.54, 1.807) is 10.8 Å². The zero-order chi connectivity index (χ0) is 27.4. The van der Waals surface area contributed by atoms with E-state index in [1.165, 1.54) is 42.5 Å². The number of carbonyl (C=O) groups is 1. The highest BCUT2D eigenvalue weighted by Gasteiger charge is 2.28. The highest BCUT2D eigenvalue weighted by Crippen LogP contribution is 2.27. The lowest BCUT2D eigenvalue weighted by molar-refractivity contribution is -0.116. The zero-order valence-corrected chi connectivity index (χ0v) is 22.9. The average molecular weight is 575 g/mol. The maximum Gasteiger partial charge on any atom is 0.243 e. The third-order valence-electron chi connectivity index (χ3n) is 5.55. The van der Waals surface area contributed by atoms with Crippen LogP contribution in [0.1, 0.15) is 13.8 Å². The van der Waals surface area contributed by atoms with Gasteiger partial charge < -0.3 is 0 Å². The summed E-state index contributed by atoms with van der Waals surface area (Å²) >= 11 is 11.9. The number of rotatable bonds is 9. The lowest BCUT2D eigenvalue weighted by atomic mass is 10.2. The van der Waals surface area contributed by atoms with Gasteiger partial charge in [-0.05, 0) is 48.4 Å². The van der Waals surface area contributed by atoms with Crippen LogP contribution in [0.15, 0.2) is 83.9 Å². The van der Waals surface area contributed by atoms with E-state index in [9.17, 15) is 17.6 Å². The van der Waals surface area contributed by atoms with Crippen molar-refractivity contribution in [1.82, 2.24) is 13.9 Å². The summed E-state index contributed by atoms with van der Waals surface area (Å²) in [5.74, 6) is -1.09. The minimum Gasteiger partial charge on any atom is -0.294 e. The van der Waals surface area contributed by atoms with Crippen LogP contribution in [-0.2, 0) is 14.8 Å². The van der Waals surface area contributed by atoms with Crippen LogP contribution in [-0.4, -0.2) is 41.3 Å². The van der Waals surface area contributed by atoms with Crippen LogP contribution in [0.3, 0.4) is 0 Å². The summed E-state index contributed by atoms with van der Waals surface area (Å²) in [7, 11) is -3.98. The molecule has 0 atom stereocenters. The maximum atomic E-state index is 13.8. The molecule has 0 saturated heterocycles. The van der Waals surface area contributed by atoms with Crippen LogP contribution in [0, 0.1) is 11.7 Å². The molecule has 0 radical (unpaired) electrons. The monoisotopic (exact) mass is 574 g/mol. The van der Waals surface area contributed by atoms with Crippen molar-refractivity contribution in [3.8, 4) is 16.9 Å². The second-order valence-corrected chi connectivity index (χ2v) is 11.8. The minimum atomic E-state index is -3.98. The molecule has 11 heteroatoms. The SMILES string of the molecule is CC(C)CN(CC(=O)Nc1nc(-c2ccccc2)cn1-c1ccc(F)c(Cl)c1)S(=O)(=O)c1ccc(Cl)cc1. The molecule has 1 heterocycles. The van der Waals surface area contributed by atoms with E-state index in [-0.39, 0.29) is 28.3 Å². The Hall–Kier alpha value is -3.24. The largest absolute Gasteiger partial charge is 0.294 e. The van der Waals surface area contributed by atoms with Crippen LogP contribution in [0.25, 0.3) is 16.9 Å². The van der Waals surface area contributed by atoms with Crippen LogP contribution in [0.2, 0.25) is 10.0 Å². The zero-order valence-electron chi connectivity index (χ0n) is 20.6. The highest BCUT2D eigenvalue weighted by atomic mass is 35.5. The molecular formula is C27H25Cl2FN4O3S. The lowest BCUT2D eigenvalue weighted by Gasteiger charge is -2.23. The van der Waals surface area contributed by atoms with E-state index >= 15 is 0 Å². The third kappa shape index (κ3) is 6.42. The van der Waals surface area contributed by atoms with Gasteiger partial charge in [-0.25, -0.2) is 17.8 Å². The lowest BCUT2D eigenvalue weighted by Crippen LogP contribution is -2.40. The molecule has 0 unspecified atom stereocenters. The molecule has 0 aliphatic carbocycles. The Morgan fingerprint density at radius 2 is 1.74 bits per heavy atom. The van der Waals surface area contributed by atoms with Gasteiger partial charge in [-0.15, -0.1) is 0 Å². The van der Waals surface area contributed by atoms with Crippen molar-refractivity contribution < 1.29 is 17.6 Å². The van der Waals surface area contributed by atoms with Crippen LogP contribution in [0.4, 0.5) is 10.3 Å². The van der Waals surface area contributed by atoms with E-state index in [0.29, 0.717) is 16.4 Å². The van der Waals surface area contributed by atoms with Crippen molar-refractivity contribution in [1.29, 1.82) is 0 Å². The number of nitrogens with zero attached hydrogens (tertiary/aromatic N) is 3. The Labute approximate surface area is 230 Å². The molecule has 1 amide bonds. The predicted molar refractivity (Wildman–Crippen MR) is 148 cm³/mol. The fraction of sp³-hybridized carbons (Fsp3) is 0.185. The number of amides is 1. The van der Waals surface area contributed by atoms with Crippen LogP contribution >= 0.6 is 23.2 Å². The Morgan fingerprint density at radius 3 is 2.37 bits per heavy atom. The van der Waals surface area contributed by atoms with Crippen molar-refractivity contribution in [3.05, 3.63) is 94.9 Å². The number of carbonyl (C=O) groups excluding carboxylic acids is 1. The van der Waals surface area contributed by atoms with E-state index in [4.69, 9.17) is 23.2 Å². The first-order valence-corrected chi connectivity index (χ1v) is 13.9. The van der Waals surface area contributed by atoms with Gasteiger partial charge in [-0.2, -0.15) is 4.31 Å². The molecule has 0 saturated carbocycles. The van der Waals surface area contributed by atoms with Crippen LogP contribution in [0.5, 0.6) is 0 Å². The standard InChI is InChI=1S/C27H25Cl2FN4O3S/c1-18(2)15-33(38(36,37)22-11-8-20(28)9-12-22)17-26(35)32-27-31-25(19-6-4-3-5-7-19)16-34(27)21-10-13-24(30)23(29)14-21/h3-14,16,18H,15,17H2,1-2H3,(H,31,32,35). The Kier molecular flexibility index (Phi) is 8.52. The maximum absolute atomic E-state index is 13.8. The Morgan fingerprint density at radius 1 is 1.05 bits per heavy atom. The number of sulfonamides is 1. The van der Waals surface area contributed by atoms with Crippen molar-refractivity contribution in [2.24, 2.45) is 5.92 Å². The molecule has 4 aromatic rings. The molecule has 4 rings (SSSR count). The van der Waals surface area contributed by atoms with E-state index in [2.05, 4.69) is 10.3 Å². The summed E-state index contributed by atoms with van der Waals surface area (Å²) in [6, 6.07) is 19.2. The van der Waals surface area contributed by atoms with Crippen molar-refractivity contribution in [2.45, 2.75) is 18.7 Å². The number of hydrogen-bond acceptors (Lipinski definition) is 4. The number of anilines is 1. The van der Waals surface area contributed by atoms with Crippen molar-refractivity contribution in [2.75, 3.05) is 18.4 Å². The molecule has 38 heavy (non-hydrogen) atoms. The average Bonchev–Trinajstić information content (AvgIpc) is 3.29. The quantitative estimate of drug-likeness (QED) is 0.255. The van der Waals surface area contributed by atoms with Crippen LogP contribution < -0.4 is 5.32 Å². The molecule has 3 aromatic carbocycles. The number of hydrogen-bond donors (Lipinski definition) is 1. The summed E-state index contributed by atoms with van der Waals surface area (Å²) < 4.78 is 43.2. The molecular weight excluding hydrogens is 550 g/mol. The third-order valence-corrected chi connectivity index (χ3v) is 7.92. The molecule has 7 nitrogen and oxygen atoms in total. The highest BCUT2D eigenvalue weighted by molar-refractivity contribution is 7.89. The normalized spacial score (nSPS) is 11.8. The number of aromatic nitrogens is 2. The van der Waals surface area contributed by atoms with Gasteiger partial charge >= 0.3 is 0 Å². The fourth-order valence-corrected chi connectivity index (χ4v) is 5.64. The van der Waals surface area contributed by atoms with Gasteiger partial charge in [0.2, 0.25) is 21.9 Å². The molecule has 0 fully saturated rings. The van der Waals surface area contributed by atoms with Gasteiger partial charge in [0.05, 0.1) is 27.8 Å².